The molecule has 1 aliphatic carbocycles. The third-order valence-corrected chi connectivity index (χ3v) is 6.21. The van der Waals surface area contributed by atoms with Gasteiger partial charge in [0.2, 0.25) is 10.0 Å². The highest BCUT2D eigenvalue weighted by Crippen LogP contribution is 2.33. The van der Waals surface area contributed by atoms with E-state index >= 15 is 0 Å². The second-order valence-electron chi connectivity index (χ2n) is 6.22. The highest BCUT2D eigenvalue weighted by molar-refractivity contribution is 7.89. The molecule has 126 valence electrons. The molecule has 1 heterocycles. The standard InChI is InChI=1S/C14H20N4O4S/c1-16-6-8-17(9-7-16)23(21,22)12-4-5-13(15-11-2-3-11)14(10-12)18(19)20/h4-5,10-11,15H,2-3,6-9H2,1H3/p+1. The highest BCUT2D eigenvalue weighted by Gasteiger charge is 2.32. The van der Waals surface area contributed by atoms with Crippen molar-refractivity contribution in [2.24, 2.45) is 0 Å². The lowest BCUT2D eigenvalue weighted by Crippen LogP contribution is -3.12. The number of sulfonamides is 1. The first-order chi connectivity index (χ1) is 10.9. The predicted molar refractivity (Wildman–Crippen MR) is 85.1 cm³/mol. The van der Waals surface area contributed by atoms with Crippen molar-refractivity contribution in [3.63, 3.8) is 0 Å². The van der Waals surface area contributed by atoms with Gasteiger partial charge in [-0.2, -0.15) is 4.31 Å². The van der Waals surface area contributed by atoms with Crippen molar-refractivity contribution in [2.75, 3.05) is 38.5 Å². The third kappa shape index (κ3) is 3.46. The molecule has 0 amide bonds. The molecular formula is C14H21N4O4S+. The first kappa shape index (κ1) is 16.2. The molecule has 1 aromatic carbocycles. The Balaban J connectivity index is 1.89. The number of hydrogen-bond acceptors (Lipinski definition) is 5. The SMILES string of the molecule is C[NH+]1CCN(S(=O)(=O)c2ccc(NC3CC3)c([N+](=O)[O-])c2)CC1. The minimum atomic E-state index is -3.68. The van der Waals surface area contributed by atoms with Crippen molar-refractivity contribution in [3.05, 3.63) is 28.3 Å². The maximum absolute atomic E-state index is 12.7. The van der Waals surface area contributed by atoms with Crippen molar-refractivity contribution < 1.29 is 18.2 Å². The van der Waals surface area contributed by atoms with Crippen LogP contribution in [0.25, 0.3) is 0 Å². The van der Waals surface area contributed by atoms with Crippen LogP contribution >= 0.6 is 0 Å². The van der Waals surface area contributed by atoms with Gasteiger partial charge in [-0.15, -0.1) is 0 Å². The zero-order valence-corrected chi connectivity index (χ0v) is 13.8. The number of nitrogens with one attached hydrogen (secondary N) is 2. The van der Waals surface area contributed by atoms with Gasteiger partial charge in [0.05, 0.1) is 43.0 Å². The van der Waals surface area contributed by atoms with Gasteiger partial charge in [0, 0.05) is 12.1 Å². The lowest BCUT2D eigenvalue weighted by atomic mass is 10.2. The van der Waals surface area contributed by atoms with Crippen LogP contribution in [0.3, 0.4) is 0 Å². The van der Waals surface area contributed by atoms with E-state index in [2.05, 4.69) is 5.32 Å². The fourth-order valence-electron chi connectivity index (χ4n) is 2.65. The van der Waals surface area contributed by atoms with Gasteiger partial charge in [0.1, 0.15) is 5.69 Å². The van der Waals surface area contributed by atoms with E-state index in [0.717, 1.165) is 25.9 Å². The lowest BCUT2D eigenvalue weighted by Gasteiger charge is -2.29. The number of rotatable bonds is 5. The number of nitro groups is 1. The average molecular weight is 341 g/mol. The van der Waals surface area contributed by atoms with E-state index in [4.69, 9.17) is 0 Å². The Morgan fingerprint density at radius 2 is 1.96 bits per heavy atom. The summed E-state index contributed by atoms with van der Waals surface area (Å²) >= 11 is 0. The van der Waals surface area contributed by atoms with Gasteiger partial charge in [-0.25, -0.2) is 8.42 Å². The van der Waals surface area contributed by atoms with Crippen molar-refractivity contribution in [1.29, 1.82) is 0 Å². The van der Waals surface area contributed by atoms with Crippen molar-refractivity contribution in [1.82, 2.24) is 4.31 Å². The van der Waals surface area contributed by atoms with E-state index in [-0.39, 0.29) is 16.6 Å². The van der Waals surface area contributed by atoms with Crippen molar-refractivity contribution in [2.45, 2.75) is 23.8 Å². The maximum Gasteiger partial charge on any atom is 0.293 e. The van der Waals surface area contributed by atoms with Crippen LogP contribution in [0, 0.1) is 10.1 Å². The maximum atomic E-state index is 12.7. The zero-order valence-electron chi connectivity index (χ0n) is 13.0. The van der Waals surface area contributed by atoms with E-state index in [1.807, 2.05) is 7.05 Å². The topological polar surface area (TPSA) is 97.0 Å². The molecule has 1 aromatic rings. The fraction of sp³-hybridized carbons (Fsp3) is 0.571. The minimum Gasteiger partial charge on any atom is -0.377 e. The molecule has 9 heteroatoms. The van der Waals surface area contributed by atoms with Crippen LogP contribution < -0.4 is 10.2 Å². The van der Waals surface area contributed by atoms with Crippen LogP contribution in [0.15, 0.2) is 23.1 Å². The minimum absolute atomic E-state index is 0.00917. The van der Waals surface area contributed by atoms with Crippen molar-refractivity contribution >= 4 is 21.4 Å². The number of quaternary nitrogens is 1. The molecule has 2 N–H and O–H groups in total. The Morgan fingerprint density at radius 1 is 1.30 bits per heavy atom. The van der Waals surface area contributed by atoms with Crippen molar-refractivity contribution in [3.8, 4) is 0 Å². The molecule has 2 fully saturated rings. The van der Waals surface area contributed by atoms with E-state index in [1.165, 1.54) is 27.4 Å². The summed E-state index contributed by atoms with van der Waals surface area (Å²) in [5.41, 5.74) is 0.206. The quantitative estimate of drug-likeness (QED) is 0.566. The lowest BCUT2D eigenvalue weighted by molar-refractivity contribution is -0.883. The van der Waals surface area contributed by atoms with Gasteiger partial charge in [-0.1, -0.05) is 0 Å². The molecule has 23 heavy (non-hydrogen) atoms. The number of nitrogens with zero attached hydrogens (tertiary/aromatic N) is 2. The van der Waals surface area contributed by atoms with Crippen LogP contribution in [0.1, 0.15) is 12.8 Å². The molecule has 0 atom stereocenters. The summed E-state index contributed by atoms with van der Waals surface area (Å²) in [6.45, 7) is 2.35. The fourth-order valence-corrected chi connectivity index (χ4v) is 4.11. The molecule has 8 nitrogen and oxygen atoms in total. The highest BCUT2D eigenvalue weighted by atomic mass is 32.2. The largest absolute Gasteiger partial charge is 0.377 e. The molecule has 3 rings (SSSR count). The van der Waals surface area contributed by atoms with Gasteiger partial charge in [0.15, 0.2) is 0 Å². The first-order valence-electron chi connectivity index (χ1n) is 7.74. The van der Waals surface area contributed by atoms with E-state index < -0.39 is 14.9 Å². The molecule has 1 saturated heterocycles. The Labute approximate surface area is 135 Å². The summed E-state index contributed by atoms with van der Waals surface area (Å²) in [6.07, 6.45) is 1.97. The Bertz CT molecular complexity index is 709. The van der Waals surface area contributed by atoms with E-state index in [1.54, 1.807) is 0 Å². The summed E-state index contributed by atoms with van der Waals surface area (Å²) in [5, 5.41) is 14.4. The van der Waals surface area contributed by atoms with Gasteiger partial charge in [-0.05, 0) is 25.0 Å². The number of piperazine rings is 1. The average Bonchev–Trinajstić information content (AvgIpc) is 3.31. The van der Waals surface area contributed by atoms with Crippen LogP contribution in [-0.4, -0.2) is 56.9 Å². The third-order valence-electron chi connectivity index (χ3n) is 4.32. The Hall–Kier alpha value is -1.71. The van der Waals surface area contributed by atoms with E-state index in [9.17, 15) is 18.5 Å². The number of hydrogen-bond donors (Lipinski definition) is 2. The summed E-state index contributed by atoms with van der Waals surface area (Å²) in [5.74, 6) is 0. The van der Waals surface area contributed by atoms with Gasteiger partial charge in [0.25, 0.3) is 5.69 Å². The van der Waals surface area contributed by atoms with Gasteiger partial charge < -0.3 is 10.2 Å². The molecular weight excluding hydrogens is 320 g/mol. The smallest absolute Gasteiger partial charge is 0.293 e. The number of likely N-dealkylation sites (N-methyl/N-ethyl adjacent to an activating group) is 1. The zero-order chi connectivity index (χ0) is 16.6. The van der Waals surface area contributed by atoms with Crippen LogP contribution in [0.2, 0.25) is 0 Å². The van der Waals surface area contributed by atoms with Crippen LogP contribution in [0.4, 0.5) is 11.4 Å². The molecule has 0 aromatic heterocycles. The molecule has 1 aliphatic heterocycles. The summed E-state index contributed by atoms with van der Waals surface area (Å²) in [7, 11) is -1.66. The molecule has 0 bridgehead atoms. The summed E-state index contributed by atoms with van der Waals surface area (Å²) in [4.78, 5) is 12.0. The van der Waals surface area contributed by atoms with Gasteiger partial charge in [-0.3, -0.25) is 10.1 Å². The molecule has 1 saturated carbocycles. The van der Waals surface area contributed by atoms with Crippen LogP contribution in [-0.2, 0) is 10.0 Å². The first-order valence-corrected chi connectivity index (χ1v) is 9.18. The predicted octanol–water partition coefficient (Wildman–Crippen LogP) is -0.312. The number of nitro benzene ring substituents is 1. The normalized spacial score (nSPS) is 20.4. The summed E-state index contributed by atoms with van der Waals surface area (Å²) < 4.78 is 26.8. The van der Waals surface area contributed by atoms with Crippen LogP contribution in [0.5, 0.6) is 0 Å². The molecule has 0 unspecified atom stereocenters. The second kappa shape index (κ2) is 6.06. The monoisotopic (exact) mass is 341 g/mol. The molecule has 0 spiro atoms. The summed E-state index contributed by atoms with van der Waals surface area (Å²) in [6, 6.07) is 4.39. The van der Waals surface area contributed by atoms with E-state index in [0.29, 0.717) is 18.8 Å². The van der Waals surface area contributed by atoms with Gasteiger partial charge >= 0.3 is 0 Å². The molecule has 2 aliphatic rings. The number of benzene rings is 1. The number of anilines is 1. The molecule has 0 radical (unpaired) electrons. The second-order valence-corrected chi connectivity index (χ2v) is 8.15. The Morgan fingerprint density at radius 3 is 2.52 bits per heavy atom. The Kier molecular flexibility index (Phi) is 4.26.